The molecule has 0 heterocycles. The van der Waals surface area contributed by atoms with Crippen LogP contribution in [0.1, 0.15) is 45.4 Å². The highest BCUT2D eigenvalue weighted by atomic mass is 35.5. The first-order chi connectivity index (χ1) is 8.00. The second-order valence-corrected chi connectivity index (χ2v) is 4.97. The minimum Gasteiger partial charge on any atom is -0.370 e. The Morgan fingerprint density at radius 3 is 2.33 bits per heavy atom. The van der Waals surface area contributed by atoms with Crippen LogP contribution in [-0.4, -0.2) is 23.9 Å². The zero-order valence-corrected chi connectivity index (χ0v) is 11.7. The van der Waals surface area contributed by atoms with Crippen LogP contribution in [0.3, 0.4) is 0 Å². The van der Waals surface area contributed by atoms with Gasteiger partial charge in [0.15, 0.2) is 0 Å². The second kappa shape index (κ2) is 8.32. The minimum atomic E-state index is -0.821. The van der Waals surface area contributed by atoms with Crippen molar-refractivity contribution in [3.63, 3.8) is 0 Å². The quantitative estimate of drug-likeness (QED) is 0.690. The Hall–Kier alpha value is -0.810. The van der Waals surface area contributed by atoms with E-state index in [1.807, 2.05) is 6.92 Å². The predicted octanol–water partition coefficient (Wildman–Crippen LogP) is 0.696. The van der Waals surface area contributed by atoms with Gasteiger partial charge in [0.1, 0.15) is 0 Å². The van der Waals surface area contributed by atoms with E-state index in [0.29, 0.717) is 5.92 Å². The van der Waals surface area contributed by atoms with Crippen molar-refractivity contribution in [2.75, 3.05) is 0 Å². The fourth-order valence-corrected chi connectivity index (χ4v) is 2.39. The summed E-state index contributed by atoms with van der Waals surface area (Å²) in [6.45, 7) is 2.00. The van der Waals surface area contributed by atoms with E-state index in [0.717, 1.165) is 12.8 Å². The summed E-state index contributed by atoms with van der Waals surface area (Å²) in [5, 5.41) is 2.88. The molecular formula is C12H24ClN3O2. The van der Waals surface area contributed by atoms with Crippen LogP contribution in [0.4, 0.5) is 0 Å². The third-order valence-electron chi connectivity index (χ3n) is 3.48. The van der Waals surface area contributed by atoms with E-state index < -0.39 is 11.9 Å². The highest BCUT2D eigenvalue weighted by Gasteiger charge is 2.24. The Bertz CT molecular complexity index is 280. The van der Waals surface area contributed by atoms with Gasteiger partial charge in [-0.25, -0.2) is 0 Å². The first-order valence-electron chi connectivity index (χ1n) is 6.35. The number of hydrogen-bond acceptors (Lipinski definition) is 3. The van der Waals surface area contributed by atoms with Gasteiger partial charge in [-0.15, -0.1) is 12.4 Å². The molecule has 0 spiro atoms. The van der Waals surface area contributed by atoms with E-state index in [9.17, 15) is 9.59 Å². The zero-order chi connectivity index (χ0) is 12.8. The fraction of sp³-hybridized carbons (Fsp3) is 0.833. The lowest BCUT2D eigenvalue weighted by Gasteiger charge is -2.29. The Morgan fingerprint density at radius 2 is 1.83 bits per heavy atom. The van der Waals surface area contributed by atoms with Crippen LogP contribution in [0.5, 0.6) is 0 Å². The summed E-state index contributed by atoms with van der Waals surface area (Å²) in [7, 11) is 0. The van der Waals surface area contributed by atoms with Gasteiger partial charge in [0.05, 0.1) is 12.5 Å². The van der Waals surface area contributed by atoms with Crippen LogP contribution in [-0.2, 0) is 9.59 Å². The second-order valence-electron chi connectivity index (χ2n) is 4.97. The average molecular weight is 278 g/mol. The largest absolute Gasteiger partial charge is 0.370 e. The Labute approximate surface area is 114 Å². The molecule has 1 fully saturated rings. The third kappa shape index (κ3) is 5.69. The Balaban J connectivity index is 0.00000289. The molecule has 106 valence electrons. The van der Waals surface area contributed by atoms with Gasteiger partial charge in [-0.2, -0.15) is 0 Å². The van der Waals surface area contributed by atoms with Crippen molar-refractivity contribution in [3.05, 3.63) is 0 Å². The summed E-state index contributed by atoms with van der Waals surface area (Å²) in [5.41, 5.74) is 10.6. The summed E-state index contributed by atoms with van der Waals surface area (Å²) >= 11 is 0. The molecule has 1 aliphatic carbocycles. The number of nitrogens with one attached hydrogen (secondary N) is 1. The molecule has 1 aliphatic rings. The molecule has 0 bridgehead atoms. The van der Waals surface area contributed by atoms with Gasteiger partial charge in [-0.1, -0.05) is 19.3 Å². The molecule has 0 aromatic carbocycles. The number of hydrogen-bond donors (Lipinski definition) is 3. The van der Waals surface area contributed by atoms with Crippen LogP contribution in [0.2, 0.25) is 0 Å². The molecule has 6 heteroatoms. The molecule has 2 amide bonds. The molecular weight excluding hydrogens is 254 g/mol. The first kappa shape index (κ1) is 17.2. The third-order valence-corrected chi connectivity index (χ3v) is 3.48. The lowest BCUT2D eigenvalue weighted by Crippen LogP contribution is -2.48. The number of halogens is 1. The predicted molar refractivity (Wildman–Crippen MR) is 73.2 cm³/mol. The molecule has 0 saturated heterocycles. The summed E-state index contributed by atoms with van der Waals surface area (Å²) in [4.78, 5) is 22.4. The standard InChI is InChI=1S/C12H23N3O2.ClH/c1-8(9-5-3-2-4-6-9)15-12(17)10(13)7-11(14)16;/h8-10H,2-7,13H2,1H3,(H2,14,16)(H,15,17);1H. The summed E-state index contributed by atoms with van der Waals surface area (Å²) in [5.74, 6) is -0.284. The van der Waals surface area contributed by atoms with Crippen molar-refractivity contribution in [3.8, 4) is 0 Å². The lowest BCUT2D eigenvalue weighted by molar-refractivity contribution is -0.127. The molecule has 5 N–H and O–H groups in total. The topological polar surface area (TPSA) is 98.2 Å². The minimum absolute atomic E-state index is 0. The van der Waals surface area contributed by atoms with Crippen molar-refractivity contribution in [1.29, 1.82) is 0 Å². The van der Waals surface area contributed by atoms with Gasteiger partial charge < -0.3 is 16.8 Å². The summed E-state index contributed by atoms with van der Waals surface area (Å²) in [6.07, 6.45) is 5.98. The number of carbonyl (C=O) groups excluding carboxylic acids is 2. The van der Waals surface area contributed by atoms with Gasteiger partial charge in [0.2, 0.25) is 11.8 Å². The maximum Gasteiger partial charge on any atom is 0.237 e. The number of carbonyl (C=O) groups is 2. The summed E-state index contributed by atoms with van der Waals surface area (Å²) < 4.78 is 0. The van der Waals surface area contributed by atoms with Gasteiger partial charge in [0.25, 0.3) is 0 Å². The maximum absolute atomic E-state index is 11.7. The van der Waals surface area contributed by atoms with Crippen molar-refractivity contribution < 1.29 is 9.59 Å². The van der Waals surface area contributed by atoms with Crippen LogP contribution in [0.25, 0.3) is 0 Å². The maximum atomic E-state index is 11.7. The number of primary amides is 1. The first-order valence-corrected chi connectivity index (χ1v) is 6.35. The molecule has 0 aliphatic heterocycles. The number of amides is 2. The van der Waals surface area contributed by atoms with Crippen molar-refractivity contribution >= 4 is 24.2 Å². The molecule has 5 nitrogen and oxygen atoms in total. The van der Waals surface area contributed by atoms with Gasteiger partial charge in [-0.3, -0.25) is 9.59 Å². The fourth-order valence-electron chi connectivity index (χ4n) is 2.39. The van der Waals surface area contributed by atoms with Crippen LogP contribution in [0.15, 0.2) is 0 Å². The molecule has 0 aromatic heterocycles. The van der Waals surface area contributed by atoms with Crippen LogP contribution < -0.4 is 16.8 Å². The lowest BCUT2D eigenvalue weighted by atomic mass is 9.84. The normalized spacial score (nSPS) is 19.4. The van der Waals surface area contributed by atoms with Crippen molar-refractivity contribution in [1.82, 2.24) is 5.32 Å². The van der Waals surface area contributed by atoms with E-state index in [1.54, 1.807) is 0 Å². The molecule has 2 unspecified atom stereocenters. The average Bonchev–Trinajstić information content (AvgIpc) is 2.29. The van der Waals surface area contributed by atoms with E-state index in [4.69, 9.17) is 11.5 Å². The molecule has 2 atom stereocenters. The molecule has 0 aromatic rings. The van der Waals surface area contributed by atoms with Crippen molar-refractivity contribution in [2.45, 2.75) is 57.5 Å². The highest BCUT2D eigenvalue weighted by Crippen LogP contribution is 2.26. The number of rotatable bonds is 5. The molecule has 1 saturated carbocycles. The highest BCUT2D eigenvalue weighted by molar-refractivity contribution is 5.87. The van der Waals surface area contributed by atoms with Crippen LogP contribution >= 0.6 is 12.4 Å². The molecule has 18 heavy (non-hydrogen) atoms. The monoisotopic (exact) mass is 277 g/mol. The van der Waals surface area contributed by atoms with Crippen molar-refractivity contribution in [2.24, 2.45) is 17.4 Å². The zero-order valence-electron chi connectivity index (χ0n) is 10.9. The molecule has 0 radical (unpaired) electrons. The Kier molecular flexibility index (Phi) is 7.95. The van der Waals surface area contributed by atoms with E-state index in [1.165, 1.54) is 19.3 Å². The van der Waals surface area contributed by atoms with E-state index in [2.05, 4.69) is 5.32 Å². The molecule has 1 rings (SSSR count). The van der Waals surface area contributed by atoms with Gasteiger partial charge in [0, 0.05) is 6.04 Å². The van der Waals surface area contributed by atoms with Gasteiger partial charge >= 0.3 is 0 Å². The smallest absolute Gasteiger partial charge is 0.237 e. The van der Waals surface area contributed by atoms with Crippen LogP contribution in [0, 0.1) is 5.92 Å². The number of nitrogens with two attached hydrogens (primary N) is 2. The Morgan fingerprint density at radius 1 is 1.28 bits per heavy atom. The van der Waals surface area contributed by atoms with E-state index >= 15 is 0 Å². The SMILES string of the molecule is CC(NC(=O)C(N)CC(N)=O)C1CCCCC1.Cl. The summed E-state index contributed by atoms with van der Waals surface area (Å²) in [6, 6.07) is -0.694. The van der Waals surface area contributed by atoms with E-state index in [-0.39, 0.29) is 30.8 Å². The van der Waals surface area contributed by atoms with Gasteiger partial charge in [-0.05, 0) is 25.7 Å².